The van der Waals surface area contributed by atoms with Crippen LogP contribution in [0.2, 0.25) is 0 Å². The summed E-state index contributed by atoms with van der Waals surface area (Å²) in [7, 11) is 1.62. The summed E-state index contributed by atoms with van der Waals surface area (Å²) in [6.45, 7) is 0. The van der Waals surface area contributed by atoms with E-state index < -0.39 is 0 Å². The summed E-state index contributed by atoms with van der Waals surface area (Å²) < 4.78 is 7.38. The van der Waals surface area contributed by atoms with Gasteiger partial charge in [0, 0.05) is 17.6 Å². The molecule has 0 aliphatic heterocycles. The molecule has 24 heavy (non-hydrogen) atoms. The molecule has 2 saturated carbocycles. The molecule has 0 atom stereocenters. The normalized spacial score (nSPS) is 16.9. The van der Waals surface area contributed by atoms with Gasteiger partial charge in [0.05, 0.1) is 12.9 Å². The van der Waals surface area contributed by atoms with Gasteiger partial charge in [-0.2, -0.15) is 0 Å². The Morgan fingerprint density at radius 3 is 2.62 bits per heavy atom. The third-order valence-electron chi connectivity index (χ3n) is 4.25. The largest absolute Gasteiger partial charge is 0.497 e. The van der Waals surface area contributed by atoms with Gasteiger partial charge in [0.2, 0.25) is 5.91 Å². The molecule has 1 N–H and O–H groups in total. The zero-order valence-electron chi connectivity index (χ0n) is 13.6. The van der Waals surface area contributed by atoms with Gasteiger partial charge in [-0.25, -0.2) is 0 Å². The molecular formula is C17H20N4O2S. The van der Waals surface area contributed by atoms with E-state index >= 15 is 0 Å². The summed E-state index contributed by atoms with van der Waals surface area (Å²) in [4.78, 5) is 12.2. The third kappa shape index (κ3) is 3.40. The maximum absolute atomic E-state index is 12.2. The Labute approximate surface area is 145 Å². The van der Waals surface area contributed by atoms with Crippen molar-refractivity contribution in [1.82, 2.24) is 14.8 Å². The highest BCUT2D eigenvalue weighted by atomic mass is 32.2. The van der Waals surface area contributed by atoms with Crippen molar-refractivity contribution in [3.05, 3.63) is 30.1 Å². The van der Waals surface area contributed by atoms with Crippen LogP contribution in [0.25, 0.3) is 0 Å². The third-order valence-corrected chi connectivity index (χ3v) is 5.19. The second-order valence-electron chi connectivity index (χ2n) is 6.28. The summed E-state index contributed by atoms with van der Waals surface area (Å²) in [5.74, 6) is 2.77. The van der Waals surface area contributed by atoms with Gasteiger partial charge in [-0.15, -0.1) is 10.2 Å². The van der Waals surface area contributed by atoms with Crippen molar-refractivity contribution in [3.8, 4) is 5.75 Å². The lowest BCUT2D eigenvalue weighted by atomic mass is 10.3. The van der Waals surface area contributed by atoms with Crippen molar-refractivity contribution in [1.29, 1.82) is 0 Å². The van der Waals surface area contributed by atoms with Gasteiger partial charge in [-0.1, -0.05) is 11.8 Å². The monoisotopic (exact) mass is 344 g/mol. The Bertz CT molecular complexity index is 736. The maximum atomic E-state index is 12.2. The number of anilines is 1. The number of hydrogen-bond donors (Lipinski definition) is 1. The van der Waals surface area contributed by atoms with E-state index in [2.05, 4.69) is 20.1 Å². The number of methoxy groups -OCH3 is 1. The number of rotatable bonds is 7. The van der Waals surface area contributed by atoms with E-state index in [4.69, 9.17) is 4.74 Å². The van der Waals surface area contributed by atoms with Crippen LogP contribution in [0.5, 0.6) is 5.75 Å². The summed E-state index contributed by atoms with van der Waals surface area (Å²) in [6.07, 6.45) is 4.83. The number of ether oxygens (including phenoxy) is 1. The van der Waals surface area contributed by atoms with Gasteiger partial charge in [-0.05, 0) is 49.9 Å². The van der Waals surface area contributed by atoms with Crippen LogP contribution in [0.4, 0.5) is 5.69 Å². The summed E-state index contributed by atoms with van der Waals surface area (Å²) in [5.41, 5.74) is 0.767. The molecule has 0 bridgehead atoms. The van der Waals surface area contributed by atoms with Crippen LogP contribution < -0.4 is 10.1 Å². The minimum absolute atomic E-state index is 0.0384. The van der Waals surface area contributed by atoms with Crippen molar-refractivity contribution < 1.29 is 9.53 Å². The first kappa shape index (κ1) is 15.5. The van der Waals surface area contributed by atoms with Crippen molar-refractivity contribution >= 4 is 23.4 Å². The molecule has 1 aromatic heterocycles. The van der Waals surface area contributed by atoms with Crippen molar-refractivity contribution in [2.75, 3.05) is 18.2 Å². The number of carbonyl (C=O) groups is 1. The van der Waals surface area contributed by atoms with E-state index in [0.29, 0.717) is 17.7 Å². The highest BCUT2D eigenvalue weighted by molar-refractivity contribution is 7.99. The summed E-state index contributed by atoms with van der Waals surface area (Å²) in [5, 5.41) is 12.5. The van der Waals surface area contributed by atoms with Crippen LogP contribution in [0.1, 0.15) is 43.5 Å². The number of aromatic nitrogens is 3. The van der Waals surface area contributed by atoms with E-state index in [1.807, 2.05) is 24.3 Å². The van der Waals surface area contributed by atoms with E-state index in [-0.39, 0.29) is 5.91 Å². The smallest absolute Gasteiger partial charge is 0.234 e. The van der Waals surface area contributed by atoms with Gasteiger partial charge in [0.15, 0.2) is 5.16 Å². The first-order valence-electron chi connectivity index (χ1n) is 8.26. The fraction of sp³-hybridized carbons (Fsp3) is 0.471. The summed E-state index contributed by atoms with van der Waals surface area (Å²) in [6, 6.07) is 7.87. The number of nitrogens with one attached hydrogen (secondary N) is 1. The predicted molar refractivity (Wildman–Crippen MR) is 92.6 cm³/mol. The second kappa shape index (κ2) is 6.47. The molecule has 2 aromatic rings. The molecule has 0 saturated heterocycles. The molecule has 0 radical (unpaired) electrons. The SMILES string of the molecule is COc1ccc(NC(=O)CSc2nnc(C3CC3)n2C2CC2)cc1. The predicted octanol–water partition coefficient (Wildman–Crippen LogP) is 3.23. The Kier molecular flexibility index (Phi) is 4.18. The van der Waals surface area contributed by atoms with Gasteiger partial charge < -0.3 is 14.6 Å². The number of amides is 1. The Morgan fingerprint density at radius 2 is 2.00 bits per heavy atom. The molecule has 0 spiro atoms. The molecule has 2 fully saturated rings. The fourth-order valence-electron chi connectivity index (χ4n) is 2.68. The van der Waals surface area contributed by atoms with Crippen molar-refractivity contribution in [2.45, 2.75) is 42.8 Å². The van der Waals surface area contributed by atoms with E-state index in [0.717, 1.165) is 22.4 Å². The molecule has 2 aliphatic rings. The second-order valence-corrected chi connectivity index (χ2v) is 7.22. The average molecular weight is 344 g/mol. The van der Waals surface area contributed by atoms with Crippen LogP contribution >= 0.6 is 11.8 Å². The van der Waals surface area contributed by atoms with Gasteiger partial charge in [0.1, 0.15) is 11.6 Å². The van der Waals surface area contributed by atoms with Crippen LogP contribution in [0.3, 0.4) is 0 Å². The number of hydrogen-bond acceptors (Lipinski definition) is 5. The molecule has 0 unspecified atom stereocenters. The molecule has 6 nitrogen and oxygen atoms in total. The standard InChI is InChI=1S/C17H20N4O2S/c1-23-14-8-4-12(5-9-14)18-15(22)10-24-17-20-19-16(11-2-3-11)21(17)13-6-7-13/h4-5,8-9,11,13H,2-3,6-7,10H2,1H3,(H,18,22). The number of carbonyl (C=O) groups excluding carboxylic acids is 1. The topological polar surface area (TPSA) is 69.0 Å². The lowest BCUT2D eigenvalue weighted by Crippen LogP contribution is -2.14. The molecular weight excluding hydrogens is 324 g/mol. The Hall–Kier alpha value is -2.02. The number of nitrogens with zero attached hydrogens (tertiary/aromatic N) is 3. The number of benzene rings is 1. The van der Waals surface area contributed by atoms with Crippen LogP contribution in [-0.2, 0) is 4.79 Å². The lowest BCUT2D eigenvalue weighted by Gasteiger charge is -2.08. The molecule has 2 aliphatic carbocycles. The van der Waals surface area contributed by atoms with Gasteiger partial charge >= 0.3 is 0 Å². The summed E-state index contributed by atoms with van der Waals surface area (Å²) >= 11 is 1.47. The quantitative estimate of drug-likeness (QED) is 0.781. The van der Waals surface area contributed by atoms with Crippen molar-refractivity contribution in [3.63, 3.8) is 0 Å². The van der Waals surface area contributed by atoms with E-state index in [1.54, 1.807) is 7.11 Å². The molecule has 1 heterocycles. The van der Waals surface area contributed by atoms with Crippen LogP contribution in [-0.4, -0.2) is 33.5 Å². The minimum Gasteiger partial charge on any atom is -0.497 e. The first-order valence-corrected chi connectivity index (χ1v) is 9.24. The first-order chi connectivity index (χ1) is 11.7. The van der Waals surface area contributed by atoms with Crippen LogP contribution in [0.15, 0.2) is 29.4 Å². The maximum Gasteiger partial charge on any atom is 0.234 e. The van der Waals surface area contributed by atoms with Gasteiger partial charge in [-0.3, -0.25) is 4.79 Å². The van der Waals surface area contributed by atoms with E-state index in [1.165, 1.54) is 37.4 Å². The Balaban J connectivity index is 1.37. The van der Waals surface area contributed by atoms with E-state index in [9.17, 15) is 4.79 Å². The van der Waals surface area contributed by atoms with Crippen LogP contribution in [0, 0.1) is 0 Å². The zero-order valence-corrected chi connectivity index (χ0v) is 14.4. The molecule has 1 aromatic carbocycles. The lowest BCUT2D eigenvalue weighted by molar-refractivity contribution is -0.113. The average Bonchev–Trinajstić information content (AvgIpc) is 3.52. The molecule has 7 heteroatoms. The minimum atomic E-state index is -0.0384. The van der Waals surface area contributed by atoms with Crippen molar-refractivity contribution in [2.24, 2.45) is 0 Å². The molecule has 1 amide bonds. The zero-order chi connectivity index (χ0) is 16.5. The fourth-order valence-corrected chi connectivity index (χ4v) is 3.50. The highest BCUT2D eigenvalue weighted by Gasteiger charge is 2.36. The highest BCUT2D eigenvalue weighted by Crippen LogP contribution is 2.45. The molecule has 4 rings (SSSR count). The van der Waals surface area contributed by atoms with Gasteiger partial charge in [0.25, 0.3) is 0 Å². The Morgan fingerprint density at radius 1 is 1.25 bits per heavy atom. The number of thioether (sulfide) groups is 1. The molecule has 126 valence electrons.